The normalized spacial score (nSPS) is 12.3. The molecule has 0 spiro atoms. The van der Waals surface area contributed by atoms with Crippen molar-refractivity contribution in [3.8, 4) is 17.2 Å². The fourth-order valence-corrected chi connectivity index (χ4v) is 1.99. The Labute approximate surface area is 127 Å². The first-order valence-electron chi connectivity index (χ1n) is 7.02. The summed E-state index contributed by atoms with van der Waals surface area (Å²) >= 11 is 0. The molecule has 22 heavy (non-hydrogen) atoms. The van der Waals surface area contributed by atoms with Crippen LogP contribution in [0.3, 0.4) is 0 Å². The highest BCUT2D eigenvalue weighted by Gasteiger charge is 2.10. The summed E-state index contributed by atoms with van der Waals surface area (Å²) in [6, 6.07) is 9.06. The molecule has 0 bridgehead atoms. The SMILES string of the molecule is CC[C@H](O)c1ccc(OCc2noc(-c3ccoc3)n2)cc1. The van der Waals surface area contributed by atoms with E-state index in [0.717, 1.165) is 11.1 Å². The molecule has 6 heteroatoms. The number of hydrogen-bond donors (Lipinski definition) is 1. The van der Waals surface area contributed by atoms with Crippen molar-refractivity contribution in [2.24, 2.45) is 0 Å². The van der Waals surface area contributed by atoms with Crippen LogP contribution in [-0.4, -0.2) is 15.2 Å². The third kappa shape index (κ3) is 3.17. The molecule has 0 radical (unpaired) electrons. The van der Waals surface area contributed by atoms with Crippen molar-refractivity contribution in [1.29, 1.82) is 0 Å². The van der Waals surface area contributed by atoms with Crippen LogP contribution in [0.15, 0.2) is 51.8 Å². The molecule has 3 rings (SSSR count). The van der Waals surface area contributed by atoms with E-state index in [9.17, 15) is 5.11 Å². The summed E-state index contributed by atoms with van der Waals surface area (Å²) in [5, 5.41) is 13.6. The van der Waals surface area contributed by atoms with Gasteiger partial charge in [0.05, 0.1) is 17.9 Å². The molecular formula is C16H16N2O4. The number of ether oxygens (including phenoxy) is 1. The van der Waals surface area contributed by atoms with Gasteiger partial charge >= 0.3 is 0 Å². The summed E-state index contributed by atoms with van der Waals surface area (Å²) in [7, 11) is 0. The minimum absolute atomic E-state index is 0.205. The van der Waals surface area contributed by atoms with Gasteiger partial charge in [-0.05, 0) is 30.2 Å². The molecule has 2 aromatic heterocycles. The maximum absolute atomic E-state index is 9.74. The van der Waals surface area contributed by atoms with Gasteiger partial charge in [0.15, 0.2) is 6.61 Å². The molecule has 6 nitrogen and oxygen atoms in total. The van der Waals surface area contributed by atoms with Crippen molar-refractivity contribution in [3.63, 3.8) is 0 Å². The molecule has 114 valence electrons. The summed E-state index contributed by atoms with van der Waals surface area (Å²) in [6.07, 6.45) is 3.32. The molecular weight excluding hydrogens is 284 g/mol. The lowest BCUT2D eigenvalue weighted by Gasteiger charge is -2.09. The van der Waals surface area contributed by atoms with Gasteiger partial charge in [0.25, 0.3) is 5.89 Å². The van der Waals surface area contributed by atoms with Crippen molar-refractivity contribution in [3.05, 3.63) is 54.2 Å². The predicted octanol–water partition coefficient (Wildman–Crippen LogP) is 3.35. The van der Waals surface area contributed by atoms with Crippen molar-refractivity contribution in [2.45, 2.75) is 26.1 Å². The minimum Gasteiger partial charge on any atom is -0.485 e. The Morgan fingerprint density at radius 2 is 2.05 bits per heavy atom. The van der Waals surface area contributed by atoms with Gasteiger partial charge < -0.3 is 18.8 Å². The smallest absolute Gasteiger partial charge is 0.261 e. The maximum Gasteiger partial charge on any atom is 0.261 e. The van der Waals surface area contributed by atoms with Crippen LogP contribution in [0.2, 0.25) is 0 Å². The largest absolute Gasteiger partial charge is 0.485 e. The Hall–Kier alpha value is -2.60. The third-order valence-electron chi connectivity index (χ3n) is 3.26. The lowest BCUT2D eigenvalue weighted by atomic mass is 10.1. The van der Waals surface area contributed by atoms with Gasteiger partial charge in [-0.3, -0.25) is 0 Å². The monoisotopic (exact) mass is 300 g/mol. The van der Waals surface area contributed by atoms with Gasteiger partial charge in [0.1, 0.15) is 12.0 Å². The Morgan fingerprint density at radius 3 is 2.73 bits per heavy atom. The predicted molar refractivity (Wildman–Crippen MR) is 78.0 cm³/mol. The minimum atomic E-state index is -0.441. The second-order valence-electron chi connectivity index (χ2n) is 4.81. The van der Waals surface area contributed by atoms with Crippen LogP contribution >= 0.6 is 0 Å². The average molecular weight is 300 g/mol. The fraction of sp³-hybridized carbons (Fsp3) is 0.250. The molecule has 1 N–H and O–H groups in total. The summed E-state index contributed by atoms with van der Waals surface area (Å²) in [5.74, 6) is 1.53. The van der Waals surface area contributed by atoms with Crippen molar-refractivity contribution in [2.75, 3.05) is 0 Å². The Bertz CT molecular complexity index is 704. The number of aliphatic hydroxyl groups is 1. The zero-order valence-electron chi connectivity index (χ0n) is 12.1. The quantitative estimate of drug-likeness (QED) is 0.751. The van der Waals surface area contributed by atoms with E-state index in [2.05, 4.69) is 10.1 Å². The van der Waals surface area contributed by atoms with E-state index in [-0.39, 0.29) is 6.61 Å². The first kappa shape index (κ1) is 14.3. The summed E-state index contributed by atoms with van der Waals surface area (Å²) in [6.45, 7) is 2.14. The van der Waals surface area contributed by atoms with Crippen LogP contribution in [0.25, 0.3) is 11.5 Å². The van der Waals surface area contributed by atoms with Gasteiger partial charge in [-0.15, -0.1) is 0 Å². The number of nitrogens with zero attached hydrogens (tertiary/aromatic N) is 2. The van der Waals surface area contributed by atoms with Crippen molar-refractivity contribution < 1.29 is 18.8 Å². The second kappa shape index (κ2) is 6.44. The van der Waals surface area contributed by atoms with E-state index >= 15 is 0 Å². The Morgan fingerprint density at radius 1 is 1.23 bits per heavy atom. The molecule has 0 amide bonds. The third-order valence-corrected chi connectivity index (χ3v) is 3.26. The molecule has 1 atom stereocenters. The molecule has 0 fully saturated rings. The number of furan rings is 1. The number of rotatable bonds is 6. The fourth-order valence-electron chi connectivity index (χ4n) is 1.99. The first-order chi connectivity index (χ1) is 10.8. The summed E-state index contributed by atoms with van der Waals surface area (Å²) in [4.78, 5) is 4.22. The second-order valence-corrected chi connectivity index (χ2v) is 4.81. The number of hydrogen-bond acceptors (Lipinski definition) is 6. The Balaban J connectivity index is 1.61. The molecule has 0 saturated carbocycles. The lowest BCUT2D eigenvalue weighted by Crippen LogP contribution is -1.99. The molecule has 2 heterocycles. The highest BCUT2D eigenvalue weighted by Crippen LogP contribution is 2.21. The van der Waals surface area contributed by atoms with E-state index in [0.29, 0.717) is 23.9 Å². The molecule has 0 saturated heterocycles. The highest BCUT2D eigenvalue weighted by atomic mass is 16.5. The summed E-state index contributed by atoms with van der Waals surface area (Å²) < 4.78 is 15.7. The zero-order valence-corrected chi connectivity index (χ0v) is 12.1. The van der Waals surface area contributed by atoms with Gasteiger partial charge in [-0.1, -0.05) is 24.2 Å². The van der Waals surface area contributed by atoms with E-state index < -0.39 is 6.10 Å². The van der Waals surface area contributed by atoms with Gasteiger partial charge in [0.2, 0.25) is 5.82 Å². The molecule has 0 aliphatic rings. The van der Waals surface area contributed by atoms with E-state index in [1.165, 1.54) is 6.26 Å². The average Bonchev–Trinajstić information content (AvgIpc) is 3.23. The molecule has 3 aromatic rings. The number of aliphatic hydroxyl groups excluding tert-OH is 1. The van der Waals surface area contributed by atoms with Gasteiger partial charge in [-0.25, -0.2) is 0 Å². The highest BCUT2D eigenvalue weighted by molar-refractivity contribution is 5.49. The van der Waals surface area contributed by atoms with Crippen molar-refractivity contribution >= 4 is 0 Å². The molecule has 0 aliphatic carbocycles. The van der Waals surface area contributed by atoms with Crippen LogP contribution in [0.4, 0.5) is 0 Å². The maximum atomic E-state index is 9.74. The molecule has 0 unspecified atom stereocenters. The van der Waals surface area contributed by atoms with Crippen LogP contribution in [0.1, 0.15) is 30.8 Å². The Kier molecular flexibility index (Phi) is 4.20. The first-order valence-corrected chi connectivity index (χ1v) is 7.02. The van der Waals surface area contributed by atoms with Crippen LogP contribution in [0, 0.1) is 0 Å². The van der Waals surface area contributed by atoms with E-state index in [4.69, 9.17) is 13.7 Å². The van der Waals surface area contributed by atoms with Crippen LogP contribution < -0.4 is 4.74 Å². The van der Waals surface area contributed by atoms with E-state index in [1.807, 2.05) is 31.2 Å². The number of aromatic nitrogens is 2. The standard InChI is InChI=1S/C16H16N2O4/c1-2-14(19)11-3-5-13(6-4-11)21-10-15-17-16(22-18-15)12-7-8-20-9-12/h3-9,14,19H,2,10H2,1H3/t14-/m0/s1. The van der Waals surface area contributed by atoms with Gasteiger partial charge in [0, 0.05) is 0 Å². The van der Waals surface area contributed by atoms with Gasteiger partial charge in [-0.2, -0.15) is 4.98 Å². The topological polar surface area (TPSA) is 81.5 Å². The van der Waals surface area contributed by atoms with E-state index in [1.54, 1.807) is 12.3 Å². The van der Waals surface area contributed by atoms with Crippen LogP contribution in [0.5, 0.6) is 5.75 Å². The lowest BCUT2D eigenvalue weighted by molar-refractivity contribution is 0.173. The number of benzene rings is 1. The molecule has 1 aromatic carbocycles. The van der Waals surface area contributed by atoms with Crippen LogP contribution in [-0.2, 0) is 6.61 Å². The molecule has 0 aliphatic heterocycles. The van der Waals surface area contributed by atoms with Crippen molar-refractivity contribution in [1.82, 2.24) is 10.1 Å². The zero-order chi connectivity index (χ0) is 15.4. The summed E-state index contributed by atoms with van der Waals surface area (Å²) in [5.41, 5.74) is 1.60.